The van der Waals surface area contributed by atoms with Crippen molar-refractivity contribution < 1.29 is 9.53 Å². The van der Waals surface area contributed by atoms with Crippen LogP contribution < -0.4 is 0 Å². The summed E-state index contributed by atoms with van der Waals surface area (Å²) in [6.45, 7) is 0.670. The van der Waals surface area contributed by atoms with Crippen LogP contribution in [-0.4, -0.2) is 17.6 Å². The van der Waals surface area contributed by atoms with Crippen LogP contribution in [0.5, 0.6) is 0 Å². The highest BCUT2D eigenvalue weighted by Crippen LogP contribution is 2.43. The summed E-state index contributed by atoms with van der Waals surface area (Å²) < 4.78 is 6.81. The third kappa shape index (κ3) is 2.52. The Bertz CT molecular complexity index is 874. The van der Waals surface area contributed by atoms with Crippen molar-refractivity contribution in [2.24, 2.45) is 0 Å². The van der Waals surface area contributed by atoms with Gasteiger partial charge in [-0.2, -0.15) is 0 Å². The quantitative estimate of drug-likeness (QED) is 0.671. The van der Waals surface area contributed by atoms with E-state index in [0.717, 1.165) is 5.92 Å². The summed E-state index contributed by atoms with van der Waals surface area (Å²) in [5.41, 5.74) is 3.28. The van der Waals surface area contributed by atoms with E-state index in [-0.39, 0.29) is 5.97 Å². The van der Waals surface area contributed by atoms with E-state index in [4.69, 9.17) is 4.74 Å². The highest BCUT2D eigenvalue weighted by atomic mass is 16.5. The van der Waals surface area contributed by atoms with Gasteiger partial charge in [-0.05, 0) is 52.8 Å². The van der Waals surface area contributed by atoms with E-state index in [1.807, 2.05) is 16.8 Å². The van der Waals surface area contributed by atoms with Crippen molar-refractivity contribution in [3.05, 3.63) is 71.5 Å². The molecule has 0 atom stereocenters. The van der Waals surface area contributed by atoms with Crippen molar-refractivity contribution in [1.29, 1.82) is 0 Å². The normalized spacial score (nSPS) is 14.1. The van der Waals surface area contributed by atoms with Crippen LogP contribution in [0, 0.1) is 0 Å². The van der Waals surface area contributed by atoms with Crippen molar-refractivity contribution in [1.82, 2.24) is 4.57 Å². The molecule has 0 amide bonds. The average molecular weight is 305 g/mol. The Kier molecular flexibility index (Phi) is 3.41. The summed E-state index contributed by atoms with van der Waals surface area (Å²) in [5.74, 6) is 0.431. The predicted molar refractivity (Wildman–Crippen MR) is 90.8 cm³/mol. The van der Waals surface area contributed by atoms with Crippen LogP contribution in [-0.2, 0) is 11.3 Å². The van der Waals surface area contributed by atoms with Gasteiger partial charge in [0.05, 0.1) is 7.11 Å². The van der Waals surface area contributed by atoms with Crippen molar-refractivity contribution in [3.63, 3.8) is 0 Å². The molecule has 1 aromatic heterocycles. The SMILES string of the molecule is COC(=O)c1cccn1Cc1ccc(C2CC2)c2ccccc12. The molecule has 2 aromatic carbocycles. The lowest BCUT2D eigenvalue weighted by Crippen LogP contribution is -2.11. The smallest absolute Gasteiger partial charge is 0.354 e. The molecular formula is C20H19NO2. The summed E-state index contributed by atoms with van der Waals surface area (Å²) in [5, 5.41) is 2.63. The van der Waals surface area contributed by atoms with Crippen LogP contribution in [0.3, 0.4) is 0 Å². The number of hydrogen-bond donors (Lipinski definition) is 0. The van der Waals surface area contributed by atoms with Crippen LogP contribution in [0.2, 0.25) is 0 Å². The van der Waals surface area contributed by atoms with Gasteiger partial charge < -0.3 is 9.30 Å². The zero-order valence-corrected chi connectivity index (χ0v) is 13.2. The summed E-state index contributed by atoms with van der Waals surface area (Å²) in [6, 6.07) is 16.7. The first-order valence-corrected chi connectivity index (χ1v) is 8.02. The molecular weight excluding hydrogens is 286 g/mol. The number of esters is 1. The Labute approximate surface area is 135 Å². The number of aromatic nitrogens is 1. The number of fused-ring (bicyclic) bond motifs is 1. The van der Waals surface area contributed by atoms with Crippen LogP contribution in [0.1, 0.15) is 40.4 Å². The van der Waals surface area contributed by atoms with Crippen LogP contribution in [0.4, 0.5) is 0 Å². The second kappa shape index (κ2) is 5.58. The molecule has 0 spiro atoms. The zero-order chi connectivity index (χ0) is 15.8. The lowest BCUT2D eigenvalue weighted by molar-refractivity contribution is 0.0589. The van der Waals surface area contributed by atoms with E-state index >= 15 is 0 Å². The average Bonchev–Trinajstić information content (AvgIpc) is 3.33. The number of rotatable bonds is 4. The molecule has 1 aliphatic carbocycles. The van der Waals surface area contributed by atoms with E-state index < -0.39 is 0 Å². The molecule has 1 saturated carbocycles. The molecule has 1 aliphatic rings. The van der Waals surface area contributed by atoms with Gasteiger partial charge in [-0.25, -0.2) is 4.79 Å². The third-order valence-electron chi connectivity index (χ3n) is 4.63. The molecule has 3 aromatic rings. The molecule has 0 N–H and O–H groups in total. The lowest BCUT2D eigenvalue weighted by Gasteiger charge is -2.13. The fourth-order valence-corrected chi connectivity index (χ4v) is 3.30. The van der Waals surface area contributed by atoms with Gasteiger partial charge in [0.1, 0.15) is 5.69 Å². The molecule has 4 rings (SSSR count). The van der Waals surface area contributed by atoms with Crippen LogP contribution in [0.25, 0.3) is 10.8 Å². The number of ether oxygens (including phenoxy) is 1. The highest BCUT2D eigenvalue weighted by Gasteiger charge is 2.25. The van der Waals surface area contributed by atoms with Crippen molar-refractivity contribution in [2.75, 3.05) is 7.11 Å². The zero-order valence-electron chi connectivity index (χ0n) is 13.2. The van der Waals surface area contributed by atoms with E-state index in [2.05, 4.69) is 36.4 Å². The molecule has 116 valence electrons. The van der Waals surface area contributed by atoms with E-state index in [1.54, 1.807) is 6.07 Å². The molecule has 0 unspecified atom stereocenters. The Morgan fingerprint density at radius 3 is 2.61 bits per heavy atom. The van der Waals surface area contributed by atoms with Gasteiger partial charge in [0.25, 0.3) is 0 Å². The van der Waals surface area contributed by atoms with Gasteiger partial charge in [0, 0.05) is 12.7 Å². The highest BCUT2D eigenvalue weighted by molar-refractivity contribution is 5.90. The number of carbonyl (C=O) groups excluding carboxylic acids is 1. The summed E-state index contributed by atoms with van der Waals surface area (Å²) in [7, 11) is 1.42. The van der Waals surface area contributed by atoms with Gasteiger partial charge in [-0.15, -0.1) is 0 Å². The molecule has 0 bridgehead atoms. The van der Waals surface area contributed by atoms with Crippen molar-refractivity contribution in [3.8, 4) is 0 Å². The number of methoxy groups -OCH3 is 1. The van der Waals surface area contributed by atoms with E-state index in [9.17, 15) is 4.79 Å². The van der Waals surface area contributed by atoms with E-state index in [0.29, 0.717) is 12.2 Å². The Morgan fingerprint density at radius 2 is 1.87 bits per heavy atom. The molecule has 0 radical (unpaired) electrons. The topological polar surface area (TPSA) is 31.2 Å². The number of benzene rings is 2. The summed E-state index contributed by atoms with van der Waals surface area (Å²) >= 11 is 0. The predicted octanol–water partition coefficient (Wildman–Crippen LogP) is 4.35. The maximum atomic E-state index is 11.9. The first-order valence-electron chi connectivity index (χ1n) is 8.02. The molecule has 0 saturated heterocycles. The van der Waals surface area contributed by atoms with Crippen LogP contribution >= 0.6 is 0 Å². The minimum Gasteiger partial charge on any atom is -0.464 e. The van der Waals surface area contributed by atoms with Gasteiger partial charge in [0.2, 0.25) is 0 Å². The third-order valence-corrected chi connectivity index (χ3v) is 4.63. The Morgan fingerprint density at radius 1 is 1.09 bits per heavy atom. The monoisotopic (exact) mass is 305 g/mol. The maximum absolute atomic E-state index is 11.9. The Balaban J connectivity index is 1.77. The first-order chi connectivity index (χ1) is 11.3. The second-order valence-corrected chi connectivity index (χ2v) is 6.15. The van der Waals surface area contributed by atoms with Crippen LogP contribution in [0.15, 0.2) is 54.7 Å². The van der Waals surface area contributed by atoms with Gasteiger partial charge in [-0.1, -0.05) is 36.4 Å². The molecule has 0 aliphatic heterocycles. The number of carbonyl (C=O) groups is 1. The fourth-order valence-electron chi connectivity index (χ4n) is 3.30. The summed E-state index contributed by atoms with van der Waals surface area (Å²) in [6.07, 6.45) is 4.52. The maximum Gasteiger partial charge on any atom is 0.354 e. The molecule has 1 fully saturated rings. The number of hydrogen-bond acceptors (Lipinski definition) is 2. The minimum atomic E-state index is -0.297. The lowest BCUT2D eigenvalue weighted by atomic mass is 9.97. The largest absolute Gasteiger partial charge is 0.464 e. The van der Waals surface area contributed by atoms with Gasteiger partial charge >= 0.3 is 5.97 Å². The van der Waals surface area contributed by atoms with Crippen molar-refractivity contribution >= 4 is 16.7 Å². The van der Waals surface area contributed by atoms with E-state index in [1.165, 1.54) is 41.9 Å². The fraction of sp³-hybridized carbons (Fsp3) is 0.250. The standard InChI is InChI=1S/C20H19NO2/c1-23-20(22)19-7-4-12-21(19)13-15-10-11-17(14-8-9-14)18-6-3-2-5-16(15)18/h2-7,10-12,14H,8-9,13H2,1H3. The summed E-state index contributed by atoms with van der Waals surface area (Å²) in [4.78, 5) is 11.9. The number of nitrogens with zero attached hydrogens (tertiary/aromatic N) is 1. The Hall–Kier alpha value is -2.55. The van der Waals surface area contributed by atoms with Crippen molar-refractivity contribution in [2.45, 2.75) is 25.3 Å². The van der Waals surface area contributed by atoms with Gasteiger partial charge in [-0.3, -0.25) is 0 Å². The molecule has 3 heteroatoms. The molecule has 3 nitrogen and oxygen atoms in total. The molecule has 1 heterocycles. The minimum absolute atomic E-state index is 0.297. The molecule has 23 heavy (non-hydrogen) atoms. The first kappa shape index (κ1) is 14.1. The second-order valence-electron chi connectivity index (χ2n) is 6.15. The van der Waals surface area contributed by atoms with Gasteiger partial charge in [0.15, 0.2) is 0 Å².